The largest absolute Gasteiger partial charge is 0.381 e. The van der Waals surface area contributed by atoms with Crippen molar-refractivity contribution in [3.05, 3.63) is 28.2 Å². The molecule has 0 spiro atoms. The van der Waals surface area contributed by atoms with Gasteiger partial charge in [0, 0.05) is 29.9 Å². The number of amides is 2. The molecule has 4 nitrogen and oxygen atoms in total. The van der Waals surface area contributed by atoms with Gasteiger partial charge in [-0.1, -0.05) is 15.9 Å². The van der Waals surface area contributed by atoms with E-state index in [0.29, 0.717) is 12.5 Å². The second kappa shape index (κ2) is 6.91. The molecule has 0 unspecified atom stereocenters. The first-order valence-corrected chi connectivity index (χ1v) is 7.33. The van der Waals surface area contributed by atoms with Crippen LogP contribution in [0.2, 0.25) is 0 Å². The van der Waals surface area contributed by atoms with Crippen LogP contribution in [0.3, 0.4) is 0 Å². The Morgan fingerprint density at radius 3 is 2.84 bits per heavy atom. The van der Waals surface area contributed by atoms with Gasteiger partial charge in [0.25, 0.3) is 0 Å². The zero-order chi connectivity index (χ0) is 13.7. The molecule has 0 atom stereocenters. The molecule has 1 aromatic rings. The lowest BCUT2D eigenvalue weighted by Crippen LogP contribution is -2.35. The maximum absolute atomic E-state index is 11.8. The number of aryl methyl sites for hydroxylation is 1. The topological polar surface area (TPSA) is 50.4 Å². The van der Waals surface area contributed by atoms with E-state index in [4.69, 9.17) is 4.74 Å². The van der Waals surface area contributed by atoms with E-state index in [2.05, 4.69) is 26.6 Å². The highest BCUT2D eigenvalue weighted by Gasteiger charge is 2.14. The number of rotatable bonds is 3. The van der Waals surface area contributed by atoms with Crippen LogP contribution in [-0.2, 0) is 4.74 Å². The van der Waals surface area contributed by atoms with Crippen molar-refractivity contribution in [2.75, 3.05) is 25.1 Å². The average Bonchev–Trinajstić information content (AvgIpc) is 2.41. The van der Waals surface area contributed by atoms with Gasteiger partial charge < -0.3 is 15.4 Å². The van der Waals surface area contributed by atoms with Crippen LogP contribution in [0, 0.1) is 12.8 Å². The van der Waals surface area contributed by atoms with Crippen molar-refractivity contribution < 1.29 is 9.53 Å². The first-order chi connectivity index (χ1) is 9.15. The second-order valence-electron chi connectivity index (χ2n) is 4.85. The Labute approximate surface area is 122 Å². The maximum Gasteiger partial charge on any atom is 0.319 e. The van der Waals surface area contributed by atoms with Crippen molar-refractivity contribution in [1.82, 2.24) is 5.32 Å². The van der Waals surface area contributed by atoms with Gasteiger partial charge in [0.15, 0.2) is 0 Å². The van der Waals surface area contributed by atoms with Crippen LogP contribution in [0.5, 0.6) is 0 Å². The number of hydrogen-bond acceptors (Lipinski definition) is 2. The SMILES string of the molecule is Cc1cc(Br)ccc1NC(=O)NCC1CCOCC1. The lowest BCUT2D eigenvalue weighted by Gasteiger charge is -2.22. The number of carbonyl (C=O) groups excluding carboxylic acids is 1. The Balaban J connectivity index is 1.80. The summed E-state index contributed by atoms with van der Waals surface area (Å²) in [6.07, 6.45) is 2.05. The molecule has 1 aliphatic heterocycles. The molecule has 5 heteroatoms. The van der Waals surface area contributed by atoms with E-state index < -0.39 is 0 Å². The van der Waals surface area contributed by atoms with Crippen LogP contribution in [0.1, 0.15) is 18.4 Å². The minimum Gasteiger partial charge on any atom is -0.381 e. The monoisotopic (exact) mass is 326 g/mol. The molecule has 19 heavy (non-hydrogen) atoms. The summed E-state index contributed by atoms with van der Waals surface area (Å²) < 4.78 is 6.31. The fourth-order valence-electron chi connectivity index (χ4n) is 2.12. The number of hydrogen-bond donors (Lipinski definition) is 2. The summed E-state index contributed by atoms with van der Waals surface area (Å²) in [5.41, 5.74) is 1.88. The molecule has 0 aliphatic carbocycles. The number of benzene rings is 1. The Morgan fingerprint density at radius 2 is 2.16 bits per heavy atom. The van der Waals surface area contributed by atoms with E-state index in [0.717, 1.165) is 41.8 Å². The van der Waals surface area contributed by atoms with E-state index in [1.807, 2.05) is 25.1 Å². The molecule has 2 rings (SSSR count). The van der Waals surface area contributed by atoms with Gasteiger partial charge in [-0.05, 0) is 49.4 Å². The zero-order valence-corrected chi connectivity index (χ0v) is 12.6. The molecule has 2 amide bonds. The molecule has 104 valence electrons. The van der Waals surface area contributed by atoms with E-state index in [1.165, 1.54) is 0 Å². The fourth-order valence-corrected chi connectivity index (χ4v) is 2.60. The highest BCUT2D eigenvalue weighted by Crippen LogP contribution is 2.20. The summed E-state index contributed by atoms with van der Waals surface area (Å²) in [6.45, 7) is 4.29. The highest BCUT2D eigenvalue weighted by molar-refractivity contribution is 9.10. The third-order valence-electron chi connectivity index (χ3n) is 3.33. The first-order valence-electron chi connectivity index (χ1n) is 6.54. The summed E-state index contributed by atoms with van der Waals surface area (Å²) in [4.78, 5) is 11.8. The van der Waals surface area contributed by atoms with Crippen LogP contribution in [-0.4, -0.2) is 25.8 Å². The molecule has 0 bridgehead atoms. The minimum atomic E-state index is -0.142. The molecule has 0 aromatic heterocycles. The molecule has 1 heterocycles. The summed E-state index contributed by atoms with van der Waals surface area (Å²) in [5, 5.41) is 5.80. The Morgan fingerprint density at radius 1 is 1.42 bits per heavy atom. The quantitative estimate of drug-likeness (QED) is 0.895. The molecule has 1 aliphatic rings. The zero-order valence-electron chi connectivity index (χ0n) is 11.0. The summed E-state index contributed by atoms with van der Waals surface area (Å²) in [5.74, 6) is 0.533. The van der Waals surface area contributed by atoms with Crippen LogP contribution in [0.15, 0.2) is 22.7 Å². The average molecular weight is 327 g/mol. The standard InChI is InChI=1S/C14H19BrN2O2/c1-10-8-12(15)2-3-13(10)17-14(18)16-9-11-4-6-19-7-5-11/h2-3,8,11H,4-7,9H2,1H3,(H2,16,17,18). The normalized spacial score (nSPS) is 16.1. The number of urea groups is 1. The third kappa shape index (κ3) is 4.51. The predicted octanol–water partition coefficient (Wildman–Crippen LogP) is 3.31. The molecule has 1 saturated heterocycles. The van der Waals surface area contributed by atoms with E-state index in [-0.39, 0.29) is 6.03 Å². The minimum absolute atomic E-state index is 0.142. The van der Waals surface area contributed by atoms with Gasteiger partial charge in [-0.3, -0.25) is 0 Å². The number of halogens is 1. The van der Waals surface area contributed by atoms with Gasteiger partial charge in [-0.2, -0.15) is 0 Å². The summed E-state index contributed by atoms with van der Waals surface area (Å²) in [6, 6.07) is 5.65. The van der Waals surface area contributed by atoms with Crippen LogP contribution in [0.4, 0.5) is 10.5 Å². The first kappa shape index (κ1) is 14.3. The Hall–Kier alpha value is -1.07. The molecular weight excluding hydrogens is 308 g/mol. The molecular formula is C14H19BrN2O2. The molecule has 2 N–H and O–H groups in total. The van der Waals surface area contributed by atoms with Crippen LogP contribution < -0.4 is 10.6 Å². The van der Waals surface area contributed by atoms with Crippen molar-refractivity contribution in [3.8, 4) is 0 Å². The van der Waals surface area contributed by atoms with E-state index >= 15 is 0 Å². The Kier molecular flexibility index (Phi) is 5.22. The van der Waals surface area contributed by atoms with Crippen LogP contribution >= 0.6 is 15.9 Å². The predicted molar refractivity (Wildman–Crippen MR) is 79.4 cm³/mol. The highest BCUT2D eigenvalue weighted by atomic mass is 79.9. The van der Waals surface area contributed by atoms with Gasteiger partial charge in [0.1, 0.15) is 0 Å². The number of anilines is 1. The maximum atomic E-state index is 11.8. The third-order valence-corrected chi connectivity index (χ3v) is 3.82. The number of ether oxygens (including phenoxy) is 1. The van der Waals surface area contributed by atoms with Gasteiger partial charge in [0.05, 0.1) is 0 Å². The van der Waals surface area contributed by atoms with Gasteiger partial charge in [-0.15, -0.1) is 0 Å². The molecule has 0 radical (unpaired) electrons. The van der Waals surface area contributed by atoms with Gasteiger partial charge in [0.2, 0.25) is 0 Å². The van der Waals surface area contributed by atoms with Gasteiger partial charge in [-0.25, -0.2) is 4.79 Å². The molecule has 1 aromatic carbocycles. The smallest absolute Gasteiger partial charge is 0.319 e. The lowest BCUT2D eigenvalue weighted by atomic mass is 10.0. The van der Waals surface area contributed by atoms with Crippen molar-refractivity contribution in [1.29, 1.82) is 0 Å². The molecule has 0 saturated carbocycles. The second-order valence-corrected chi connectivity index (χ2v) is 5.77. The summed E-state index contributed by atoms with van der Waals surface area (Å²) >= 11 is 3.41. The Bertz CT molecular complexity index is 445. The van der Waals surface area contributed by atoms with E-state index in [1.54, 1.807) is 0 Å². The van der Waals surface area contributed by atoms with Crippen LogP contribution in [0.25, 0.3) is 0 Å². The molecule has 1 fully saturated rings. The lowest BCUT2D eigenvalue weighted by molar-refractivity contribution is 0.0671. The van der Waals surface area contributed by atoms with Crippen molar-refractivity contribution >= 4 is 27.6 Å². The van der Waals surface area contributed by atoms with Gasteiger partial charge >= 0.3 is 6.03 Å². The van der Waals surface area contributed by atoms with Crippen molar-refractivity contribution in [2.45, 2.75) is 19.8 Å². The number of nitrogens with one attached hydrogen (secondary N) is 2. The van der Waals surface area contributed by atoms with Crippen molar-refractivity contribution in [2.24, 2.45) is 5.92 Å². The summed E-state index contributed by atoms with van der Waals surface area (Å²) in [7, 11) is 0. The van der Waals surface area contributed by atoms with Crippen molar-refractivity contribution in [3.63, 3.8) is 0 Å². The van der Waals surface area contributed by atoms with E-state index in [9.17, 15) is 4.79 Å². The fraction of sp³-hybridized carbons (Fsp3) is 0.500. The number of carbonyl (C=O) groups is 1.